The van der Waals surface area contributed by atoms with E-state index in [1.54, 1.807) is 0 Å². The number of nitrogens with zero attached hydrogens (tertiary/aromatic N) is 1. The van der Waals surface area contributed by atoms with Crippen molar-refractivity contribution in [3.05, 3.63) is 41.9 Å². The van der Waals surface area contributed by atoms with Gasteiger partial charge in [-0.3, -0.25) is 4.79 Å². The van der Waals surface area contributed by atoms with E-state index in [2.05, 4.69) is 29.1 Å². The highest BCUT2D eigenvalue weighted by Gasteiger charge is 2.38. The number of hydrogen-bond donors (Lipinski definition) is 3. The van der Waals surface area contributed by atoms with Crippen LogP contribution in [0.5, 0.6) is 0 Å². The van der Waals surface area contributed by atoms with Gasteiger partial charge in [-0.05, 0) is 43.4 Å². The number of aliphatic hydroxyl groups excluding tert-OH is 1. The first kappa shape index (κ1) is 26.2. The third-order valence-electron chi connectivity index (χ3n) is 5.81. The van der Waals surface area contributed by atoms with Crippen LogP contribution in [0.1, 0.15) is 33.0 Å². The fraction of sp³-hybridized carbons (Fsp3) is 0.600. The first-order valence-electron chi connectivity index (χ1n) is 12.0. The molecule has 0 fully saturated rings. The van der Waals surface area contributed by atoms with Crippen LogP contribution in [0.2, 0.25) is 0 Å². The van der Waals surface area contributed by atoms with Gasteiger partial charge in [0.2, 0.25) is 6.29 Å². The summed E-state index contributed by atoms with van der Waals surface area (Å²) in [6, 6.07) is 7.75. The topological polar surface area (TPSA) is 115 Å². The highest BCUT2D eigenvalue weighted by Crippen LogP contribution is 2.36. The molecule has 0 saturated carbocycles. The molecule has 34 heavy (non-hydrogen) atoms. The molecule has 0 saturated heterocycles. The van der Waals surface area contributed by atoms with Gasteiger partial charge in [0.15, 0.2) is 5.76 Å². The molecule has 3 atom stereocenters. The van der Waals surface area contributed by atoms with Crippen LogP contribution in [0.3, 0.4) is 0 Å². The summed E-state index contributed by atoms with van der Waals surface area (Å²) >= 11 is 0. The monoisotopic (exact) mass is 475 g/mol. The number of H-pyrrole nitrogens is 1. The average Bonchev–Trinajstić information content (AvgIpc) is 3.25. The number of amides is 1. The van der Waals surface area contributed by atoms with Crippen molar-refractivity contribution >= 4 is 16.9 Å². The first-order chi connectivity index (χ1) is 16.5. The maximum Gasteiger partial charge on any atom is 0.286 e. The summed E-state index contributed by atoms with van der Waals surface area (Å²) in [4.78, 5) is 20.7. The molecule has 2 heterocycles. The number of imidazole rings is 1. The van der Waals surface area contributed by atoms with Gasteiger partial charge < -0.3 is 34.4 Å². The molecule has 0 unspecified atom stereocenters. The number of ether oxygens (including phenoxy) is 4. The van der Waals surface area contributed by atoms with Crippen molar-refractivity contribution in [1.29, 1.82) is 0 Å². The van der Waals surface area contributed by atoms with E-state index in [-0.39, 0.29) is 36.7 Å². The van der Waals surface area contributed by atoms with E-state index >= 15 is 0 Å². The number of aromatic nitrogens is 2. The highest BCUT2D eigenvalue weighted by molar-refractivity contribution is 5.91. The van der Waals surface area contributed by atoms with Gasteiger partial charge in [-0.2, -0.15) is 0 Å². The maximum atomic E-state index is 12.9. The number of aliphatic hydroxyl groups is 1. The van der Waals surface area contributed by atoms with Crippen LogP contribution in [0.15, 0.2) is 36.1 Å². The van der Waals surface area contributed by atoms with Crippen LogP contribution in [-0.2, 0) is 30.3 Å². The molecule has 1 aromatic carbocycles. The third kappa shape index (κ3) is 7.27. The first-order valence-corrected chi connectivity index (χ1v) is 12.0. The Labute approximate surface area is 200 Å². The van der Waals surface area contributed by atoms with Crippen molar-refractivity contribution < 1.29 is 28.8 Å². The molecule has 9 heteroatoms. The second-order valence-electron chi connectivity index (χ2n) is 8.58. The lowest BCUT2D eigenvalue weighted by Gasteiger charge is -2.38. The Bertz CT molecular complexity index is 895. The minimum Gasteiger partial charge on any atom is -0.459 e. The number of carbonyl (C=O) groups is 1. The van der Waals surface area contributed by atoms with Gasteiger partial charge >= 0.3 is 0 Å². The van der Waals surface area contributed by atoms with Gasteiger partial charge in [-0.15, -0.1) is 0 Å². The van der Waals surface area contributed by atoms with Crippen LogP contribution in [0.4, 0.5) is 0 Å². The Balaban J connectivity index is 1.60. The molecule has 2 aromatic rings. The number of hydrogen-bond acceptors (Lipinski definition) is 7. The summed E-state index contributed by atoms with van der Waals surface area (Å²) in [6.07, 6.45) is 2.13. The number of nitrogens with one attached hydrogen (secondary N) is 2. The summed E-state index contributed by atoms with van der Waals surface area (Å²) in [7, 11) is 0. The Kier molecular flexibility index (Phi) is 10.3. The summed E-state index contributed by atoms with van der Waals surface area (Å²) in [5, 5.41) is 11.7. The number of rotatable bonds is 14. The Hall–Kier alpha value is -2.46. The van der Waals surface area contributed by atoms with Crippen LogP contribution < -0.4 is 5.32 Å². The fourth-order valence-electron chi connectivity index (χ4n) is 4.14. The van der Waals surface area contributed by atoms with Crippen LogP contribution in [0, 0.1) is 17.8 Å². The van der Waals surface area contributed by atoms with E-state index in [0.717, 1.165) is 17.5 Å². The van der Waals surface area contributed by atoms with Crippen molar-refractivity contribution in [1.82, 2.24) is 15.3 Å². The molecule has 0 spiro atoms. The SMILES string of the molecule is CCO[C@@H]1OC(C(=O)NCc2nc3ccccc3[nH]2)=C[C@H](C(C)C)[C@H]1CCOCCOCCO. The molecule has 1 aliphatic rings. The normalized spacial score (nSPS) is 20.4. The van der Waals surface area contributed by atoms with Gasteiger partial charge in [-0.25, -0.2) is 4.98 Å². The predicted octanol–water partition coefficient (Wildman–Crippen LogP) is 2.76. The fourth-order valence-corrected chi connectivity index (χ4v) is 4.14. The number of carbonyl (C=O) groups excluding carboxylic acids is 1. The predicted molar refractivity (Wildman–Crippen MR) is 128 cm³/mol. The summed E-state index contributed by atoms with van der Waals surface area (Å²) < 4.78 is 22.8. The molecule has 188 valence electrons. The van der Waals surface area contributed by atoms with Crippen molar-refractivity contribution in [3.63, 3.8) is 0 Å². The van der Waals surface area contributed by atoms with Crippen LogP contribution in [0.25, 0.3) is 11.0 Å². The Morgan fingerprint density at radius 2 is 1.97 bits per heavy atom. The molecule has 1 aromatic heterocycles. The molecular formula is C25H37N3O6. The molecule has 3 N–H and O–H groups in total. The van der Waals surface area contributed by atoms with E-state index < -0.39 is 6.29 Å². The van der Waals surface area contributed by atoms with E-state index in [9.17, 15) is 4.79 Å². The molecule has 9 nitrogen and oxygen atoms in total. The van der Waals surface area contributed by atoms with Crippen LogP contribution in [-0.4, -0.2) is 66.9 Å². The minimum absolute atomic E-state index is 0.00599. The Morgan fingerprint density at radius 3 is 2.68 bits per heavy atom. The van der Waals surface area contributed by atoms with Gasteiger partial charge in [0, 0.05) is 19.1 Å². The minimum atomic E-state index is -0.524. The smallest absolute Gasteiger partial charge is 0.286 e. The van der Waals surface area contributed by atoms with E-state index in [1.165, 1.54) is 0 Å². The quantitative estimate of drug-likeness (QED) is 0.360. The zero-order chi connectivity index (χ0) is 24.3. The largest absolute Gasteiger partial charge is 0.459 e. The standard InChI is InChI=1S/C25H37N3O6/c1-4-33-25-18(9-11-31-13-14-32-12-10-29)19(17(2)3)15-22(34-25)24(30)26-16-23-27-20-7-5-6-8-21(20)28-23/h5-8,15,17-19,25,29H,4,9-14,16H2,1-3H3,(H,26,30)(H,27,28)/t18-,19-,25-/m1/s1. The molecule has 0 bridgehead atoms. The van der Waals surface area contributed by atoms with Crippen molar-refractivity contribution in [2.75, 3.05) is 39.6 Å². The van der Waals surface area contributed by atoms with Gasteiger partial charge in [0.05, 0.1) is 44.0 Å². The summed E-state index contributed by atoms with van der Waals surface area (Å²) in [6.45, 7) is 8.70. The Morgan fingerprint density at radius 1 is 1.21 bits per heavy atom. The van der Waals surface area contributed by atoms with Crippen LogP contribution >= 0.6 is 0 Å². The van der Waals surface area contributed by atoms with Gasteiger partial charge in [-0.1, -0.05) is 26.0 Å². The molecule has 1 amide bonds. The molecule has 3 rings (SSSR count). The van der Waals surface area contributed by atoms with E-state index in [0.29, 0.717) is 44.8 Å². The summed E-state index contributed by atoms with van der Waals surface area (Å²) in [5.41, 5.74) is 1.79. The van der Waals surface area contributed by atoms with E-state index in [4.69, 9.17) is 24.1 Å². The second-order valence-corrected chi connectivity index (χ2v) is 8.58. The second kappa shape index (κ2) is 13.4. The molecule has 0 aliphatic carbocycles. The average molecular weight is 476 g/mol. The van der Waals surface area contributed by atoms with Gasteiger partial charge in [0.1, 0.15) is 5.82 Å². The number of fused-ring (bicyclic) bond motifs is 1. The van der Waals surface area contributed by atoms with Crippen molar-refractivity contribution in [2.24, 2.45) is 17.8 Å². The lowest BCUT2D eigenvalue weighted by molar-refractivity contribution is -0.177. The molecule has 0 radical (unpaired) electrons. The lowest BCUT2D eigenvalue weighted by Crippen LogP contribution is -2.41. The van der Waals surface area contributed by atoms with Crippen molar-refractivity contribution in [2.45, 2.75) is 40.0 Å². The molecular weight excluding hydrogens is 438 g/mol. The number of aromatic amines is 1. The molecule has 1 aliphatic heterocycles. The van der Waals surface area contributed by atoms with Gasteiger partial charge in [0.25, 0.3) is 5.91 Å². The maximum absolute atomic E-state index is 12.9. The third-order valence-corrected chi connectivity index (χ3v) is 5.81. The highest BCUT2D eigenvalue weighted by atomic mass is 16.7. The summed E-state index contributed by atoms with van der Waals surface area (Å²) in [5.74, 6) is 1.14. The van der Waals surface area contributed by atoms with Crippen molar-refractivity contribution in [3.8, 4) is 0 Å². The van der Waals surface area contributed by atoms with E-state index in [1.807, 2.05) is 37.3 Å². The zero-order valence-corrected chi connectivity index (χ0v) is 20.3. The number of benzene rings is 1. The number of allylic oxidation sites excluding steroid dienone is 1. The number of para-hydroxylation sites is 2. The zero-order valence-electron chi connectivity index (χ0n) is 20.3. The lowest BCUT2D eigenvalue weighted by atomic mass is 9.79.